The number of allylic oxidation sites excluding steroid dienone is 4. The highest BCUT2D eigenvalue weighted by Gasteiger charge is 1.89. The Labute approximate surface area is 167 Å². The third kappa shape index (κ3) is 31.3. The average molecular weight is 365 g/mol. The van der Waals surface area contributed by atoms with Gasteiger partial charge >= 0.3 is 0 Å². The quantitative estimate of drug-likeness (QED) is 0.167. The van der Waals surface area contributed by atoms with Gasteiger partial charge in [0, 0.05) is 0 Å². The molecule has 0 saturated carbocycles. The largest absolute Gasteiger partial charge is 0.0885 e. The summed E-state index contributed by atoms with van der Waals surface area (Å²) in [6.07, 6.45) is 34.0. The summed E-state index contributed by atoms with van der Waals surface area (Å²) in [7, 11) is 0. The van der Waals surface area contributed by atoms with Crippen molar-refractivity contribution in [3.05, 3.63) is 24.3 Å². The summed E-state index contributed by atoms with van der Waals surface area (Å²) in [6, 6.07) is 0. The van der Waals surface area contributed by atoms with Gasteiger partial charge in [0.05, 0.1) is 0 Å². The van der Waals surface area contributed by atoms with Crippen LogP contribution >= 0.6 is 0 Å². The van der Waals surface area contributed by atoms with E-state index in [1.165, 1.54) is 116 Å². The Morgan fingerprint density at radius 3 is 0.962 bits per heavy atom. The van der Waals surface area contributed by atoms with Crippen LogP contribution in [0.1, 0.15) is 143 Å². The van der Waals surface area contributed by atoms with Crippen LogP contribution < -0.4 is 0 Å². The summed E-state index contributed by atoms with van der Waals surface area (Å²) < 4.78 is 0. The van der Waals surface area contributed by atoms with Crippen LogP contribution in [-0.4, -0.2) is 0 Å². The third-order valence-corrected chi connectivity index (χ3v) is 4.69. The van der Waals surface area contributed by atoms with Crippen LogP contribution in [0.5, 0.6) is 0 Å². The van der Waals surface area contributed by atoms with Gasteiger partial charge in [-0.25, -0.2) is 0 Å². The Morgan fingerprint density at radius 1 is 0.308 bits per heavy atom. The monoisotopic (exact) mass is 364 g/mol. The van der Waals surface area contributed by atoms with E-state index in [-0.39, 0.29) is 0 Å². The van der Waals surface area contributed by atoms with Gasteiger partial charge in [-0.3, -0.25) is 0 Å². The van der Waals surface area contributed by atoms with Gasteiger partial charge in [-0.05, 0) is 38.5 Å². The molecule has 0 heteroatoms. The minimum Gasteiger partial charge on any atom is -0.0885 e. The molecule has 0 atom stereocenters. The molecule has 0 spiro atoms. The van der Waals surface area contributed by atoms with Crippen molar-refractivity contribution in [3.63, 3.8) is 0 Å². The minimum absolute atomic E-state index is 1.25. The number of unbranched alkanes of at least 4 members (excludes halogenated alkanes) is 14. The SMILES string of the molecule is CCC/C=C\CCC.CCCCCCCC/C=C\CCCCCCCC. The van der Waals surface area contributed by atoms with Gasteiger partial charge in [0.1, 0.15) is 0 Å². The van der Waals surface area contributed by atoms with E-state index in [9.17, 15) is 0 Å². The molecule has 0 aromatic rings. The summed E-state index contributed by atoms with van der Waals surface area (Å²) >= 11 is 0. The Hall–Kier alpha value is -0.520. The first kappa shape index (κ1) is 27.7. The molecular weight excluding hydrogens is 312 g/mol. The van der Waals surface area contributed by atoms with E-state index >= 15 is 0 Å². The van der Waals surface area contributed by atoms with Gasteiger partial charge in [0.25, 0.3) is 0 Å². The van der Waals surface area contributed by atoms with Gasteiger partial charge in [0.15, 0.2) is 0 Å². The van der Waals surface area contributed by atoms with Crippen molar-refractivity contribution in [2.24, 2.45) is 0 Å². The Morgan fingerprint density at radius 2 is 0.615 bits per heavy atom. The highest BCUT2D eigenvalue weighted by atomic mass is 14.0. The normalized spacial score (nSPS) is 11.2. The number of hydrogen-bond donors (Lipinski definition) is 0. The molecule has 0 aliphatic rings. The van der Waals surface area contributed by atoms with E-state index in [0.717, 1.165) is 0 Å². The second-order valence-corrected chi connectivity index (χ2v) is 7.63. The first-order valence-corrected chi connectivity index (χ1v) is 12.1. The van der Waals surface area contributed by atoms with Crippen molar-refractivity contribution in [1.29, 1.82) is 0 Å². The maximum absolute atomic E-state index is 2.41. The van der Waals surface area contributed by atoms with Gasteiger partial charge in [0.2, 0.25) is 0 Å². The molecule has 0 nitrogen and oxygen atoms in total. The van der Waals surface area contributed by atoms with Gasteiger partial charge in [-0.15, -0.1) is 0 Å². The maximum Gasteiger partial charge on any atom is -0.0351 e. The molecule has 0 fully saturated rings. The van der Waals surface area contributed by atoms with Crippen LogP contribution in [0.15, 0.2) is 24.3 Å². The van der Waals surface area contributed by atoms with Crippen LogP contribution in [-0.2, 0) is 0 Å². The zero-order valence-electron chi connectivity index (χ0n) is 19.0. The molecule has 0 aliphatic carbocycles. The molecule has 0 amide bonds. The molecule has 0 aliphatic heterocycles. The Kier molecular flexibility index (Phi) is 31.2. The lowest BCUT2D eigenvalue weighted by atomic mass is 10.1. The van der Waals surface area contributed by atoms with E-state index in [1.807, 2.05) is 0 Å². The van der Waals surface area contributed by atoms with Gasteiger partial charge in [-0.1, -0.05) is 129 Å². The van der Waals surface area contributed by atoms with Crippen LogP contribution in [0.2, 0.25) is 0 Å². The maximum atomic E-state index is 2.41. The predicted molar refractivity (Wildman–Crippen MR) is 124 cm³/mol. The summed E-state index contributed by atoms with van der Waals surface area (Å²) in [5.41, 5.74) is 0. The van der Waals surface area contributed by atoms with E-state index in [0.29, 0.717) is 0 Å². The molecule has 0 rings (SSSR count). The molecule has 0 unspecified atom stereocenters. The molecule has 0 bridgehead atoms. The standard InChI is InChI=1S/C18H36.C8H16/c1-3-5-7-9-11-13-15-17-18-16-14-12-10-8-6-4-2;1-3-5-7-8-6-4-2/h17-18H,3-16H2,1-2H3;7-8H,3-6H2,1-2H3/b18-17-;8-7-. The molecule has 0 saturated heterocycles. The first-order chi connectivity index (χ1) is 12.8. The van der Waals surface area contributed by atoms with Crippen LogP contribution in [0.3, 0.4) is 0 Å². The third-order valence-electron chi connectivity index (χ3n) is 4.69. The highest BCUT2D eigenvalue weighted by Crippen LogP contribution is 2.09. The molecule has 156 valence electrons. The molecule has 0 aromatic heterocycles. The molecule has 0 heterocycles. The summed E-state index contributed by atoms with van der Waals surface area (Å²) in [5, 5.41) is 0. The Balaban J connectivity index is 0. The fraction of sp³-hybridized carbons (Fsp3) is 0.846. The molecular formula is C26H52. The van der Waals surface area contributed by atoms with E-state index in [2.05, 4.69) is 52.0 Å². The van der Waals surface area contributed by atoms with Crippen molar-refractivity contribution >= 4 is 0 Å². The number of rotatable bonds is 18. The fourth-order valence-electron chi connectivity index (χ4n) is 2.89. The predicted octanol–water partition coefficient (Wildman–Crippen LogP) is 10.2. The summed E-state index contributed by atoms with van der Waals surface area (Å²) in [5.74, 6) is 0. The van der Waals surface area contributed by atoms with E-state index in [1.54, 1.807) is 0 Å². The average Bonchev–Trinajstić information content (AvgIpc) is 2.66. The van der Waals surface area contributed by atoms with Crippen LogP contribution in [0.25, 0.3) is 0 Å². The van der Waals surface area contributed by atoms with Crippen molar-refractivity contribution < 1.29 is 0 Å². The van der Waals surface area contributed by atoms with Gasteiger partial charge < -0.3 is 0 Å². The van der Waals surface area contributed by atoms with Crippen molar-refractivity contribution in [2.45, 2.75) is 143 Å². The lowest BCUT2D eigenvalue weighted by Gasteiger charge is -1.98. The summed E-state index contributed by atoms with van der Waals surface area (Å²) in [4.78, 5) is 0. The van der Waals surface area contributed by atoms with Crippen LogP contribution in [0.4, 0.5) is 0 Å². The smallest absolute Gasteiger partial charge is 0.0351 e. The Bertz CT molecular complexity index is 235. The fourth-order valence-corrected chi connectivity index (χ4v) is 2.89. The molecule has 0 radical (unpaired) electrons. The topological polar surface area (TPSA) is 0 Å². The minimum atomic E-state index is 1.25. The zero-order chi connectivity index (χ0) is 19.6. The molecule has 0 N–H and O–H groups in total. The zero-order valence-corrected chi connectivity index (χ0v) is 19.0. The van der Waals surface area contributed by atoms with Crippen molar-refractivity contribution in [2.75, 3.05) is 0 Å². The van der Waals surface area contributed by atoms with Crippen molar-refractivity contribution in [3.8, 4) is 0 Å². The van der Waals surface area contributed by atoms with Crippen LogP contribution in [0, 0.1) is 0 Å². The van der Waals surface area contributed by atoms with E-state index in [4.69, 9.17) is 0 Å². The lowest BCUT2D eigenvalue weighted by Crippen LogP contribution is -1.79. The van der Waals surface area contributed by atoms with E-state index < -0.39 is 0 Å². The molecule has 0 aromatic carbocycles. The second-order valence-electron chi connectivity index (χ2n) is 7.63. The van der Waals surface area contributed by atoms with Gasteiger partial charge in [-0.2, -0.15) is 0 Å². The lowest BCUT2D eigenvalue weighted by molar-refractivity contribution is 0.606. The first-order valence-electron chi connectivity index (χ1n) is 12.1. The second kappa shape index (κ2) is 29.3. The van der Waals surface area contributed by atoms with Crippen molar-refractivity contribution in [1.82, 2.24) is 0 Å². The molecule has 26 heavy (non-hydrogen) atoms. The summed E-state index contributed by atoms with van der Waals surface area (Å²) in [6.45, 7) is 8.97. The highest BCUT2D eigenvalue weighted by molar-refractivity contribution is 4.81. The number of hydrogen-bond acceptors (Lipinski definition) is 0.